The van der Waals surface area contributed by atoms with Crippen LogP contribution in [0.4, 0.5) is 0 Å². The van der Waals surface area contributed by atoms with Crippen molar-refractivity contribution in [3.05, 3.63) is 90.0 Å². The van der Waals surface area contributed by atoms with E-state index in [1.165, 1.54) is 0 Å². The number of amides is 1. The van der Waals surface area contributed by atoms with Gasteiger partial charge < -0.3 is 4.90 Å². The lowest BCUT2D eigenvalue weighted by molar-refractivity contribution is -0.750. The fourth-order valence-electron chi connectivity index (χ4n) is 5.20. The van der Waals surface area contributed by atoms with Crippen LogP contribution < -0.4 is 5.84 Å². The standard InChI is InChI=1S/C28H27N6O/c1-19(35)33-14-11-22(12-15-33)27-26-18-30-13-16-34(26,29)28(32-27)23-8-7-21-9-10-24(31-25(21)17-23)20-5-3-2-4-6-20/h2-10,13,16-18,22H,11-12,14-15,29H2,1H3/q+1. The van der Waals surface area contributed by atoms with Gasteiger partial charge in [-0.1, -0.05) is 42.5 Å². The molecule has 3 aliphatic rings. The maximum Gasteiger partial charge on any atom is 0.264 e. The zero-order valence-electron chi connectivity index (χ0n) is 19.6. The van der Waals surface area contributed by atoms with Crippen LogP contribution in [0, 0.1) is 5.92 Å². The van der Waals surface area contributed by atoms with Crippen molar-refractivity contribution in [2.45, 2.75) is 19.8 Å². The van der Waals surface area contributed by atoms with Crippen molar-refractivity contribution in [2.24, 2.45) is 21.7 Å². The molecule has 2 aromatic carbocycles. The van der Waals surface area contributed by atoms with Crippen molar-refractivity contribution < 1.29 is 9.39 Å². The van der Waals surface area contributed by atoms with Crippen LogP contribution in [0.15, 0.2) is 94.4 Å². The van der Waals surface area contributed by atoms with Gasteiger partial charge in [0.05, 0.1) is 29.2 Å². The molecule has 1 unspecified atom stereocenters. The summed E-state index contributed by atoms with van der Waals surface area (Å²) in [5, 5.41) is 1.07. The van der Waals surface area contributed by atoms with E-state index in [0.717, 1.165) is 70.9 Å². The molecule has 1 amide bonds. The van der Waals surface area contributed by atoms with Gasteiger partial charge in [-0.3, -0.25) is 9.79 Å². The Balaban J connectivity index is 1.39. The van der Waals surface area contributed by atoms with Crippen molar-refractivity contribution >= 4 is 28.9 Å². The topological polar surface area (TPSA) is 83.9 Å². The molecule has 1 aromatic heterocycles. The van der Waals surface area contributed by atoms with E-state index < -0.39 is 0 Å². The highest BCUT2D eigenvalue weighted by atomic mass is 16.2. The molecule has 0 bridgehead atoms. The van der Waals surface area contributed by atoms with Gasteiger partial charge in [0.15, 0.2) is 0 Å². The molecule has 3 aliphatic heterocycles. The number of amidine groups is 1. The largest absolute Gasteiger partial charge is 0.343 e. The number of carbonyl (C=O) groups excluding carboxylic acids is 1. The highest BCUT2D eigenvalue weighted by Gasteiger charge is 2.46. The maximum atomic E-state index is 11.8. The number of quaternary nitrogens is 1. The Hall–Kier alpha value is -3.94. The Morgan fingerprint density at radius 3 is 2.57 bits per heavy atom. The fraction of sp³-hybridized carbons (Fsp3) is 0.214. The molecule has 0 radical (unpaired) electrons. The first-order valence-electron chi connectivity index (χ1n) is 12.0. The normalized spacial score (nSPS) is 22.0. The summed E-state index contributed by atoms with van der Waals surface area (Å²) in [5.41, 5.74) is 5.73. The number of piperidine rings is 1. The number of nitrogens with zero attached hydrogens (tertiary/aromatic N) is 5. The predicted octanol–water partition coefficient (Wildman–Crippen LogP) is 4.38. The number of hydrogen-bond donors (Lipinski definition) is 1. The first kappa shape index (κ1) is 21.6. The predicted molar refractivity (Wildman–Crippen MR) is 138 cm³/mol. The molecule has 4 heterocycles. The lowest BCUT2D eigenvalue weighted by Crippen LogP contribution is -2.53. The van der Waals surface area contributed by atoms with Gasteiger partial charge in [-0.15, -0.1) is 4.59 Å². The van der Waals surface area contributed by atoms with Crippen molar-refractivity contribution in [3.8, 4) is 11.3 Å². The second-order valence-electron chi connectivity index (χ2n) is 9.31. The number of allylic oxidation sites excluding steroid dienone is 2. The Bertz CT molecular complexity index is 1450. The number of nitrogens with two attached hydrogens (primary N) is 1. The molecule has 0 aliphatic carbocycles. The van der Waals surface area contributed by atoms with E-state index >= 15 is 0 Å². The minimum Gasteiger partial charge on any atom is -0.343 e. The molecule has 7 nitrogen and oxygen atoms in total. The summed E-state index contributed by atoms with van der Waals surface area (Å²) in [7, 11) is 0. The molecule has 0 saturated carbocycles. The van der Waals surface area contributed by atoms with Crippen LogP contribution in [-0.2, 0) is 4.79 Å². The van der Waals surface area contributed by atoms with E-state index in [9.17, 15) is 4.79 Å². The molecule has 174 valence electrons. The minimum atomic E-state index is -0.00433. The average Bonchev–Trinajstić information content (AvgIpc) is 3.21. The van der Waals surface area contributed by atoms with Crippen LogP contribution in [0.1, 0.15) is 25.3 Å². The van der Waals surface area contributed by atoms with E-state index in [0.29, 0.717) is 0 Å². The SMILES string of the molecule is CC(=O)N1CCC(C2=C3C=NC=C[N+]3(N)C(c3ccc4ccc(-c5ccccc5)nc4c3)=N2)CC1. The molecule has 2 N–H and O–H groups in total. The monoisotopic (exact) mass is 463 g/mol. The Morgan fingerprint density at radius 2 is 1.80 bits per heavy atom. The summed E-state index contributed by atoms with van der Waals surface area (Å²) < 4.78 is -0.00433. The summed E-state index contributed by atoms with van der Waals surface area (Å²) >= 11 is 0. The van der Waals surface area contributed by atoms with Gasteiger partial charge in [0.2, 0.25) is 11.6 Å². The quantitative estimate of drug-likeness (QED) is 0.462. The third kappa shape index (κ3) is 3.69. The number of benzene rings is 2. The number of aromatic nitrogens is 1. The van der Waals surface area contributed by atoms with Crippen LogP contribution in [0.25, 0.3) is 22.2 Å². The number of fused-ring (bicyclic) bond motifs is 2. The lowest BCUT2D eigenvalue weighted by atomic mass is 9.92. The third-order valence-corrected chi connectivity index (χ3v) is 7.17. The van der Waals surface area contributed by atoms with Crippen molar-refractivity contribution in [1.82, 2.24) is 9.88 Å². The van der Waals surface area contributed by atoms with Crippen LogP contribution in [0.5, 0.6) is 0 Å². The molecule has 3 aromatic rings. The van der Waals surface area contributed by atoms with Gasteiger partial charge in [-0.25, -0.2) is 4.98 Å². The zero-order valence-corrected chi connectivity index (χ0v) is 19.6. The highest BCUT2D eigenvalue weighted by molar-refractivity contribution is 6.02. The van der Waals surface area contributed by atoms with Crippen molar-refractivity contribution in [2.75, 3.05) is 13.1 Å². The molecular weight excluding hydrogens is 436 g/mol. The second kappa shape index (κ2) is 8.37. The average molecular weight is 464 g/mol. The van der Waals surface area contributed by atoms with E-state index in [4.69, 9.17) is 15.8 Å². The number of likely N-dealkylation sites (tertiary alicyclic amines) is 1. The first-order chi connectivity index (χ1) is 17.0. The molecule has 35 heavy (non-hydrogen) atoms. The molecule has 1 fully saturated rings. The smallest absolute Gasteiger partial charge is 0.264 e. The summed E-state index contributed by atoms with van der Waals surface area (Å²) in [6.45, 7) is 3.11. The van der Waals surface area contributed by atoms with Gasteiger partial charge in [0.25, 0.3) is 5.84 Å². The Kier molecular flexibility index (Phi) is 5.16. The summed E-state index contributed by atoms with van der Waals surface area (Å²) in [5.74, 6) is 8.09. The van der Waals surface area contributed by atoms with Gasteiger partial charge in [-0.2, -0.15) is 10.8 Å². The van der Waals surface area contributed by atoms with Gasteiger partial charge in [0.1, 0.15) is 11.9 Å². The summed E-state index contributed by atoms with van der Waals surface area (Å²) in [6.07, 6.45) is 7.17. The molecule has 7 heteroatoms. The zero-order chi connectivity index (χ0) is 24.0. The summed E-state index contributed by atoms with van der Waals surface area (Å²) in [4.78, 5) is 28.1. The lowest BCUT2D eigenvalue weighted by Gasteiger charge is -2.31. The summed E-state index contributed by atoms with van der Waals surface area (Å²) in [6, 6.07) is 20.5. The van der Waals surface area contributed by atoms with E-state index in [-0.39, 0.29) is 16.4 Å². The van der Waals surface area contributed by atoms with Gasteiger partial charge in [-0.05, 0) is 31.0 Å². The van der Waals surface area contributed by atoms with E-state index in [1.807, 2.05) is 35.5 Å². The molecule has 1 atom stereocenters. The Morgan fingerprint density at radius 1 is 1.03 bits per heavy atom. The number of rotatable bonds is 3. The van der Waals surface area contributed by atoms with Crippen LogP contribution in [-0.4, -0.2) is 45.5 Å². The van der Waals surface area contributed by atoms with Crippen LogP contribution >= 0.6 is 0 Å². The van der Waals surface area contributed by atoms with Gasteiger partial charge in [0, 0.05) is 36.9 Å². The number of carbonyl (C=O) groups is 1. The number of aliphatic imine (C=N–C) groups is 2. The highest BCUT2D eigenvalue weighted by Crippen LogP contribution is 2.38. The minimum absolute atomic E-state index is 0.00433. The second-order valence-corrected chi connectivity index (χ2v) is 9.31. The molecule has 6 rings (SSSR count). The Labute approximate surface area is 204 Å². The van der Waals surface area contributed by atoms with Crippen molar-refractivity contribution in [1.29, 1.82) is 0 Å². The maximum absolute atomic E-state index is 11.8. The van der Waals surface area contributed by atoms with E-state index in [2.05, 4.69) is 47.5 Å². The molecule has 1 saturated heterocycles. The van der Waals surface area contributed by atoms with Crippen LogP contribution in [0.3, 0.4) is 0 Å². The third-order valence-electron chi connectivity index (χ3n) is 7.17. The number of pyridine rings is 1. The first-order valence-corrected chi connectivity index (χ1v) is 12.0. The molecular formula is C28H27N6O+. The van der Waals surface area contributed by atoms with Crippen molar-refractivity contribution in [3.63, 3.8) is 0 Å². The van der Waals surface area contributed by atoms with E-state index in [1.54, 1.807) is 13.1 Å². The molecule has 0 spiro atoms. The fourth-order valence-corrected chi connectivity index (χ4v) is 5.20. The van der Waals surface area contributed by atoms with Crippen LogP contribution in [0.2, 0.25) is 0 Å². The number of hydrogen-bond acceptors (Lipinski definition) is 5. The van der Waals surface area contributed by atoms with Gasteiger partial charge >= 0.3 is 0 Å².